The topological polar surface area (TPSA) is 117 Å². The van der Waals surface area contributed by atoms with E-state index in [-0.39, 0.29) is 30.0 Å². The number of carbonyl (C=O) groups excluding carboxylic acids is 1. The second-order valence-electron chi connectivity index (χ2n) is 4.80. The summed E-state index contributed by atoms with van der Waals surface area (Å²) < 4.78 is 10.3. The lowest BCUT2D eigenvalue weighted by atomic mass is 10.0. The third-order valence-corrected chi connectivity index (χ3v) is 3.23. The second kappa shape index (κ2) is 6.40. The van der Waals surface area contributed by atoms with Crippen molar-refractivity contribution in [3.05, 3.63) is 22.2 Å². The number of ether oxygens (including phenoxy) is 2. The molecule has 8 nitrogen and oxygen atoms in total. The zero-order chi connectivity index (χ0) is 15.4. The number of hydrogen-bond acceptors (Lipinski definition) is 6. The van der Waals surface area contributed by atoms with Gasteiger partial charge in [0.05, 0.1) is 11.0 Å². The van der Waals surface area contributed by atoms with Crippen LogP contribution in [0, 0.1) is 16.0 Å². The Balaban J connectivity index is 2.19. The molecule has 3 N–H and O–H groups in total. The number of anilines is 1. The first-order valence-corrected chi connectivity index (χ1v) is 6.62. The molecule has 2 rings (SSSR count). The standard InChI is InChI=1S/C13H17N3O5/c1-8(3-2-4-14)13(17)15-9-5-11-12(21-7-20-11)6-10(9)16(18)19/h5-6,8H,2-4,7,14H2,1H3,(H,15,17). The van der Waals surface area contributed by atoms with E-state index in [2.05, 4.69) is 5.32 Å². The average Bonchev–Trinajstić information content (AvgIpc) is 2.90. The SMILES string of the molecule is CC(CCCN)C(=O)Nc1cc2c(cc1[N+](=O)[O-])OCO2. The molecule has 1 heterocycles. The summed E-state index contributed by atoms with van der Waals surface area (Å²) in [7, 11) is 0. The fourth-order valence-corrected chi connectivity index (χ4v) is 1.99. The van der Waals surface area contributed by atoms with Crippen LogP contribution in [0.4, 0.5) is 11.4 Å². The first kappa shape index (κ1) is 15.0. The number of nitrogens with two attached hydrogens (primary N) is 1. The van der Waals surface area contributed by atoms with Gasteiger partial charge in [0.2, 0.25) is 12.7 Å². The van der Waals surface area contributed by atoms with Crippen molar-refractivity contribution in [3.8, 4) is 11.5 Å². The maximum absolute atomic E-state index is 12.0. The van der Waals surface area contributed by atoms with Crippen LogP contribution in [-0.2, 0) is 4.79 Å². The van der Waals surface area contributed by atoms with Crippen molar-refractivity contribution in [1.29, 1.82) is 0 Å². The summed E-state index contributed by atoms with van der Waals surface area (Å²) in [5, 5.41) is 13.7. The summed E-state index contributed by atoms with van der Waals surface area (Å²) in [6.07, 6.45) is 1.35. The highest BCUT2D eigenvalue weighted by Crippen LogP contribution is 2.40. The Morgan fingerprint density at radius 1 is 1.48 bits per heavy atom. The molecular formula is C13H17N3O5. The summed E-state index contributed by atoms with van der Waals surface area (Å²) in [6.45, 7) is 2.27. The summed E-state index contributed by atoms with van der Waals surface area (Å²) in [5.41, 5.74) is 5.29. The number of rotatable bonds is 6. The Morgan fingerprint density at radius 3 is 2.76 bits per heavy atom. The number of hydrogen-bond donors (Lipinski definition) is 2. The van der Waals surface area contributed by atoms with E-state index < -0.39 is 4.92 Å². The van der Waals surface area contributed by atoms with E-state index in [0.717, 1.165) is 6.42 Å². The van der Waals surface area contributed by atoms with Gasteiger partial charge in [-0.25, -0.2) is 0 Å². The van der Waals surface area contributed by atoms with Crippen LogP contribution in [0.1, 0.15) is 19.8 Å². The van der Waals surface area contributed by atoms with E-state index >= 15 is 0 Å². The highest BCUT2D eigenvalue weighted by molar-refractivity contribution is 5.95. The normalized spacial score (nSPS) is 13.8. The Morgan fingerprint density at radius 2 is 2.14 bits per heavy atom. The van der Waals surface area contributed by atoms with Gasteiger partial charge in [0, 0.05) is 12.0 Å². The Kier molecular flexibility index (Phi) is 4.59. The monoisotopic (exact) mass is 295 g/mol. The van der Waals surface area contributed by atoms with Crippen molar-refractivity contribution in [2.75, 3.05) is 18.7 Å². The second-order valence-corrected chi connectivity index (χ2v) is 4.80. The molecule has 0 aliphatic carbocycles. The van der Waals surface area contributed by atoms with Crippen molar-refractivity contribution in [2.45, 2.75) is 19.8 Å². The maximum Gasteiger partial charge on any atom is 0.296 e. The molecule has 0 spiro atoms. The van der Waals surface area contributed by atoms with Crippen molar-refractivity contribution in [2.24, 2.45) is 11.7 Å². The zero-order valence-electron chi connectivity index (χ0n) is 11.6. The maximum atomic E-state index is 12.0. The fourth-order valence-electron chi connectivity index (χ4n) is 1.99. The predicted molar refractivity (Wildman–Crippen MR) is 75.3 cm³/mol. The van der Waals surface area contributed by atoms with Gasteiger partial charge < -0.3 is 20.5 Å². The van der Waals surface area contributed by atoms with Crippen molar-refractivity contribution < 1.29 is 19.2 Å². The van der Waals surface area contributed by atoms with Gasteiger partial charge in [0.15, 0.2) is 11.5 Å². The van der Waals surface area contributed by atoms with Gasteiger partial charge in [0.1, 0.15) is 5.69 Å². The molecule has 21 heavy (non-hydrogen) atoms. The van der Waals surface area contributed by atoms with Crippen molar-refractivity contribution >= 4 is 17.3 Å². The number of benzene rings is 1. The molecule has 0 saturated heterocycles. The third-order valence-electron chi connectivity index (χ3n) is 3.23. The van der Waals surface area contributed by atoms with E-state index in [1.807, 2.05) is 0 Å². The summed E-state index contributed by atoms with van der Waals surface area (Å²) >= 11 is 0. The van der Waals surface area contributed by atoms with E-state index in [1.165, 1.54) is 12.1 Å². The van der Waals surface area contributed by atoms with Gasteiger partial charge in [-0.15, -0.1) is 0 Å². The zero-order valence-corrected chi connectivity index (χ0v) is 11.6. The molecule has 1 unspecified atom stereocenters. The molecule has 0 aromatic heterocycles. The van der Waals surface area contributed by atoms with Crippen molar-refractivity contribution in [3.63, 3.8) is 0 Å². The molecule has 1 amide bonds. The van der Waals surface area contributed by atoms with Crippen LogP contribution in [0.25, 0.3) is 0 Å². The lowest BCUT2D eigenvalue weighted by molar-refractivity contribution is -0.384. The molecular weight excluding hydrogens is 278 g/mol. The highest BCUT2D eigenvalue weighted by atomic mass is 16.7. The molecule has 1 aromatic rings. The van der Waals surface area contributed by atoms with Gasteiger partial charge in [0.25, 0.3) is 5.69 Å². The summed E-state index contributed by atoms with van der Waals surface area (Å²) in [4.78, 5) is 22.6. The molecule has 0 bridgehead atoms. The molecule has 0 radical (unpaired) electrons. The van der Waals surface area contributed by atoms with Gasteiger partial charge >= 0.3 is 0 Å². The first-order chi connectivity index (χ1) is 10.0. The van der Waals surface area contributed by atoms with Crippen LogP contribution < -0.4 is 20.5 Å². The van der Waals surface area contributed by atoms with Gasteiger partial charge in [-0.1, -0.05) is 6.92 Å². The number of fused-ring (bicyclic) bond motifs is 1. The smallest absolute Gasteiger partial charge is 0.296 e. The van der Waals surface area contributed by atoms with Crippen LogP contribution in [0.3, 0.4) is 0 Å². The molecule has 1 aliphatic rings. The van der Waals surface area contributed by atoms with E-state index in [1.54, 1.807) is 6.92 Å². The van der Waals surface area contributed by atoms with Crippen LogP contribution in [0.15, 0.2) is 12.1 Å². The first-order valence-electron chi connectivity index (χ1n) is 6.62. The van der Waals surface area contributed by atoms with E-state index in [9.17, 15) is 14.9 Å². The summed E-state index contributed by atoms with van der Waals surface area (Å²) in [5.74, 6) is 0.116. The minimum atomic E-state index is -0.567. The van der Waals surface area contributed by atoms with Crippen LogP contribution in [0.2, 0.25) is 0 Å². The predicted octanol–water partition coefficient (Wildman–Crippen LogP) is 1.64. The highest BCUT2D eigenvalue weighted by Gasteiger charge is 2.25. The Bertz CT molecular complexity index is 561. The summed E-state index contributed by atoms with van der Waals surface area (Å²) in [6, 6.07) is 2.66. The van der Waals surface area contributed by atoms with E-state index in [4.69, 9.17) is 15.2 Å². The number of nitro groups is 1. The minimum Gasteiger partial charge on any atom is -0.454 e. The lowest BCUT2D eigenvalue weighted by Crippen LogP contribution is -2.21. The number of carbonyl (C=O) groups is 1. The molecule has 114 valence electrons. The fraction of sp³-hybridized carbons (Fsp3) is 0.462. The number of nitrogens with zero attached hydrogens (tertiary/aromatic N) is 1. The van der Waals surface area contributed by atoms with Gasteiger partial charge in [-0.3, -0.25) is 14.9 Å². The molecule has 1 aliphatic heterocycles. The van der Waals surface area contributed by atoms with Gasteiger partial charge in [-0.2, -0.15) is 0 Å². The number of amides is 1. The molecule has 1 aromatic carbocycles. The van der Waals surface area contributed by atoms with Crippen LogP contribution in [0.5, 0.6) is 11.5 Å². The number of nitrogens with one attached hydrogen (secondary N) is 1. The van der Waals surface area contributed by atoms with Crippen molar-refractivity contribution in [1.82, 2.24) is 0 Å². The Labute approximate surface area is 121 Å². The molecule has 1 atom stereocenters. The quantitative estimate of drug-likeness (QED) is 0.608. The number of nitro benzene ring substituents is 1. The van der Waals surface area contributed by atoms with E-state index in [0.29, 0.717) is 24.5 Å². The minimum absolute atomic E-state index is 0.0107. The molecule has 0 fully saturated rings. The molecule has 8 heteroatoms. The van der Waals surface area contributed by atoms with Crippen LogP contribution >= 0.6 is 0 Å². The van der Waals surface area contributed by atoms with Gasteiger partial charge in [-0.05, 0) is 19.4 Å². The third kappa shape index (κ3) is 3.40. The average molecular weight is 295 g/mol. The molecule has 0 saturated carbocycles. The van der Waals surface area contributed by atoms with Crippen LogP contribution in [-0.4, -0.2) is 24.2 Å². The largest absolute Gasteiger partial charge is 0.454 e. The lowest BCUT2D eigenvalue weighted by Gasteiger charge is -2.12. The Hall–Kier alpha value is -2.35.